The fourth-order valence-electron chi connectivity index (χ4n) is 2.66. The average Bonchev–Trinajstić information content (AvgIpc) is 3.08. The van der Waals surface area contributed by atoms with Crippen LogP contribution in [0.25, 0.3) is 10.3 Å². The molecule has 0 bridgehead atoms. The first-order chi connectivity index (χ1) is 12.2. The Hall–Kier alpha value is -2.64. The first kappa shape index (κ1) is 15.9. The van der Waals surface area contributed by atoms with E-state index in [4.69, 9.17) is 13.9 Å². The minimum Gasteiger partial charge on any atom is -0.438 e. The van der Waals surface area contributed by atoms with Crippen LogP contribution in [-0.4, -0.2) is 32.3 Å². The zero-order chi connectivity index (χ0) is 17.2. The Morgan fingerprint density at radius 3 is 2.68 bits per heavy atom. The van der Waals surface area contributed by atoms with Crippen LogP contribution in [0.4, 0.5) is 5.88 Å². The first-order valence-electron chi connectivity index (χ1n) is 7.87. The Balaban J connectivity index is 1.70. The van der Waals surface area contributed by atoms with Gasteiger partial charge in [0, 0.05) is 24.5 Å². The quantitative estimate of drug-likeness (QED) is 0.530. The molecule has 3 heterocycles. The molecule has 6 nitrogen and oxygen atoms in total. The Labute approximate surface area is 147 Å². The van der Waals surface area contributed by atoms with Crippen LogP contribution in [-0.2, 0) is 4.74 Å². The number of anilines is 1. The van der Waals surface area contributed by atoms with Crippen LogP contribution in [0.5, 0.6) is 5.75 Å². The minimum absolute atomic E-state index is 0.161. The Morgan fingerprint density at radius 1 is 1.16 bits per heavy atom. The van der Waals surface area contributed by atoms with Gasteiger partial charge < -0.3 is 18.8 Å². The van der Waals surface area contributed by atoms with Gasteiger partial charge in [0.2, 0.25) is 5.43 Å². The van der Waals surface area contributed by atoms with Gasteiger partial charge in [0.25, 0.3) is 0 Å². The maximum absolute atomic E-state index is 12.5. The maximum atomic E-state index is 12.5. The molecular formula is C18H15NO5S. The van der Waals surface area contributed by atoms with Crippen molar-refractivity contribution in [3.8, 4) is 5.75 Å². The molecule has 128 valence electrons. The molecule has 0 N–H and O–H groups in total. The summed E-state index contributed by atoms with van der Waals surface area (Å²) >= 11 is 1.18. The van der Waals surface area contributed by atoms with Crippen LogP contribution in [0.3, 0.4) is 0 Å². The van der Waals surface area contributed by atoms with Gasteiger partial charge in [-0.15, -0.1) is 11.3 Å². The second-order valence-corrected chi connectivity index (χ2v) is 6.44. The number of carbonyl (C=O) groups is 1. The van der Waals surface area contributed by atoms with Crippen molar-refractivity contribution in [2.45, 2.75) is 0 Å². The van der Waals surface area contributed by atoms with Gasteiger partial charge in [-0.1, -0.05) is 18.2 Å². The highest BCUT2D eigenvalue weighted by Gasteiger charge is 2.22. The van der Waals surface area contributed by atoms with E-state index in [0.717, 1.165) is 0 Å². The third-order valence-electron chi connectivity index (χ3n) is 3.93. The van der Waals surface area contributed by atoms with Gasteiger partial charge in [-0.25, -0.2) is 4.79 Å². The van der Waals surface area contributed by atoms with Gasteiger partial charge >= 0.3 is 5.97 Å². The molecule has 0 spiro atoms. The zero-order valence-corrected chi connectivity index (χ0v) is 14.1. The first-order valence-corrected chi connectivity index (χ1v) is 8.75. The highest BCUT2D eigenvalue weighted by molar-refractivity contribution is 7.17. The van der Waals surface area contributed by atoms with Gasteiger partial charge in [-0.05, 0) is 12.1 Å². The molecule has 0 saturated carbocycles. The maximum Gasteiger partial charge on any atom is 0.348 e. The largest absolute Gasteiger partial charge is 0.438 e. The summed E-state index contributed by atoms with van der Waals surface area (Å²) in [6.45, 7) is 2.44. The average molecular weight is 357 g/mol. The number of rotatable bonds is 3. The number of ether oxygens (including phenoxy) is 2. The van der Waals surface area contributed by atoms with Gasteiger partial charge in [0.1, 0.15) is 16.0 Å². The molecule has 0 radical (unpaired) electrons. The van der Waals surface area contributed by atoms with Crippen molar-refractivity contribution in [1.82, 2.24) is 0 Å². The number of para-hydroxylation sites is 1. The summed E-state index contributed by atoms with van der Waals surface area (Å²) in [5.41, 5.74) is 0.377. The van der Waals surface area contributed by atoms with Gasteiger partial charge in [-0.3, -0.25) is 4.79 Å². The van der Waals surface area contributed by atoms with E-state index >= 15 is 0 Å². The lowest BCUT2D eigenvalue weighted by Crippen LogP contribution is -2.36. The number of benzene rings is 1. The number of esters is 1. The number of thiophene rings is 1. The topological polar surface area (TPSA) is 69.0 Å². The van der Waals surface area contributed by atoms with Crippen LogP contribution in [0.15, 0.2) is 51.0 Å². The fraction of sp³-hybridized carbons (Fsp3) is 0.222. The molecule has 2 aromatic heterocycles. The molecule has 0 aliphatic carbocycles. The molecular weight excluding hydrogens is 342 g/mol. The number of hydrogen-bond acceptors (Lipinski definition) is 7. The number of fused-ring (bicyclic) bond motifs is 1. The molecule has 1 aliphatic heterocycles. The smallest absolute Gasteiger partial charge is 0.348 e. The van der Waals surface area contributed by atoms with Crippen molar-refractivity contribution >= 4 is 33.5 Å². The van der Waals surface area contributed by atoms with E-state index in [2.05, 4.69) is 0 Å². The summed E-state index contributed by atoms with van der Waals surface area (Å²) in [4.78, 5) is 26.8. The van der Waals surface area contributed by atoms with E-state index in [9.17, 15) is 9.59 Å². The van der Waals surface area contributed by atoms with Crippen molar-refractivity contribution in [3.05, 3.63) is 57.6 Å². The van der Waals surface area contributed by atoms with Gasteiger partial charge in [0.15, 0.2) is 11.5 Å². The molecule has 3 aromatic rings. The third kappa shape index (κ3) is 3.16. The van der Waals surface area contributed by atoms with E-state index in [-0.39, 0.29) is 16.6 Å². The molecule has 7 heteroatoms. The molecule has 4 rings (SSSR count). The van der Waals surface area contributed by atoms with E-state index in [1.165, 1.54) is 17.4 Å². The summed E-state index contributed by atoms with van der Waals surface area (Å²) in [6.07, 6.45) is 0. The Morgan fingerprint density at radius 2 is 1.92 bits per heavy atom. The SMILES string of the molecule is O=C(Oc1ccccc1)c1csc2c(=O)cc(N3CCOCC3)oc12. The highest BCUT2D eigenvalue weighted by Crippen LogP contribution is 2.28. The summed E-state index contributed by atoms with van der Waals surface area (Å²) in [5, 5.41) is 1.60. The lowest BCUT2D eigenvalue weighted by Gasteiger charge is -2.27. The number of morpholine rings is 1. The molecule has 1 aromatic carbocycles. The van der Waals surface area contributed by atoms with E-state index < -0.39 is 5.97 Å². The summed E-state index contributed by atoms with van der Waals surface area (Å²) in [7, 11) is 0. The Bertz CT molecular complexity index is 957. The van der Waals surface area contributed by atoms with Gasteiger partial charge in [-0.2, -0.15) is 0 Å². The molecule has 0 atom stereocenters. The predicted octanol–water partition coefficient (Wildman–Crippen LogP) is 2.91. The van der Waals surface area contributed by atoms with Crippen LogP contribution in [0.1, 0.15) is 10.4 Å². The normalized spacial score (nSPS) is 14.6. The summed E-state index contributed by atoms with van der Waals surface area (Å²) in [6, 6.07) is 10.3. The van der Waals surface area contributed by atoms with Crippen molar-refractivity contribution in [1.29, 1.82) is 0 Å². The van der Waals surface area contributed by atoms with Crippen LogP contribution in [0.2, 0.25) is 0 Å². The third-order valence-corrected chi connectivity index (χ3v) is 4.90. The molecule has 0 unspecified atom stereocenters. The second-order valence-electron chi connectivity index (χ2n) is 5.56. The minimum atomic E-state index is -0.542. The predicted molar refractivity (Wildman–Crippen MR) is 94.8 cm³/mol. The molecule has 1 aliphatic rings. The molecule has 1 fully saturated rings. The fourth-order valence-corrected chi connectivity index (χ4v) is 3.53. The molecule has 25 heavy (non-hydrogen) atoms. The lowest BCUT2D eigenvalue weighted by molar-refractivity contribution is 0.0736. The van der Waals surface area contributed by atoms with Crippen LogP contribution in [0, 0.1) is 0 Å². The van der Waals surface area contributed by atoms with Gasteiger partial charge in [0.05, 0.1) is 13.2 Å². The van der Waals surface area contributed by atoms with E-state index in [1.807, 2.05) is 11.0 Å². The highest BCUT2D eigenvalue weighted by atomic mass is 32.1. The number of hydrogen-bond donors (Lipinski definition) is 0. The van der Waals surface area contributed by atoms with Crippen molar-refractivity contribution < 1.29 is 18.7 Å². The van der Waals surface area contributed by atoms with Crippen LogP contribution >= 0.6 is 11.3 Å². The lowest BCUT2D eigenvalue weighted by atomic mass is 10.3. The number of carbonyl (C=O) groups excluding carboxylic acids is 1. The summed E-state index contributed by atoms with van der Waals surface area (Å²) < 4.78 is 17.0. The van der Waals surface area contributed by atoms with Crippen molar-refractivity contribution in [2.75, 3.05) is 31.2 Å². The van der Waals surface area contributed by atoms with E-state index in [0.29, 0.717) is 42.6 Å². The summed E-state index contributed by atoms with van der Waals surface area (Å²) in [5.74, 6) is 0.353. The second kappa shape index (κ2) is 6.70. The molecule has 1 saturated heterocycles. The van der Waals surface area contributed by atoms with E-state index in [1.54, 1.807) is 29.6 Å². The zero-order valence-electron chi connectivity index (χ0n) is 13.3. The number of nitrogens with zero attached hydrogens (tertiary/aromatic N) is 1. The Kier molecular flexibility index (Phi) is 4.25. The molecule has 0 amide bonds. The standard InChI is InChI=1S/C18H15NO5S/c20-14-10-15(19-6-8-22-9-7-19)24-16-13(11-25-17(14)16)18(21)23-12-4-2-1-3-5-12/h1-5,10-11H,6-9H2. The van der Waals surface area contributed by atoms with Crippen LogP contribution < -0.4 is 15.1 Å². The van der Waals surface area contributed by atoms with Crippen molar-refractivity contribution in [2.24, 2.45) is 0 Å². The monoisotopic (exact) mass is 357 g/mol. The van der Waals surface area contributed by atoms with Crippen molar-refractivity contribution in [3.63, 3.8) is 0 Å².